The number of rotatable bonds is 9. The first kappa shape index (κ1) is 21.9. The molecule has 0 amide bonds. The number of hydrogen-bond acceptors (Lipinski definition) is 7. The summed E-state index contributed by atoms with van der Waals surface area (Å²) in [5, 5.41) is 19.8. The van der Waals surface area contributed by atoms with Crippen molar-refractivity contribution in [3.8, 4) is 0 Å². The van der Waals surface area contributed by atoms with Gasteiger partial charge in [-0.2, -0.15) is 5.10 Å². The van der Waals surface area contributed by atoms with Gasteiger partial charge in [-0.3, -0.25) is 10.1 Å². The van der Waals surface area contributed by atoms with E-state index in [9.17, 15) is 10.1 Å². The fraction of sp³-hybridized carbons (Fsp3) is 0.0476. The van der Waals surface area contributed by atoms with E-state index in [0.717, 1.165) is 9.79 Å². The van der Waals surface area contributed by atoms with Crippen LogP contribution in [-0.4, -0.2) is 23.5 Å². The molecule has 0 aromatic heterocycles. The van der Waals surface area contributed by atoms with Crippen LogP contribution in [0.25, 0.3) is 0 Å². The Morgan fingerprint density at radius 3 is 2.50 bits per heavy atom. The molecule has 0 saturated carbocycles. The molecule has 3 aromatic carbocycles. The Kier molecular flexibility index (Phi) is 8.31. The number of hydrogen-bond donors (Lipinski definition) is 0. The van der Waals surface area contributed by atoms with Crippen molar-refractivity contribution in [3.63, 3.8) is 0 Å². The first-order valence-electron chi connectivity index (χ1n) is 8.68. The van der Waals surface area contributed by atoms with Crippen molar-refractivity contribution in [1.82, 2.24) is 0 Å². The molecular formula is C21H16ClN3O3S2. The highest BCUT2D eigenvalue weighted by Gasteiger charge is 2.15. The number of ether oxygens (including phenoxy) is 1. The molecule has 0 aliphatic rings. The van der Waals surface area contributed by atoms with E-state index in [4.69, 9.17) is 16.3 Å². The molecule has 3 aromatic rings. The molecule has 0 unspecified atom stereocenters. The Bertz CT molecular complexity index is 1050. The molecule has 6 nitrogen and oxygen atoms in total. The summed E-state index contributed by atoms with van der Waals surface area (Å²) >= 11 is 8.67. The molecule has 152 valence electrons. The molecule has 0 radical (unpaired) electrons. The number of thioether (sulfide) groups is 1. The smallest absolute Gasteiger partial charge is 0.283 e. The van der Waals surface area contributed by atoms with E-state index < -0.39 is 4.92 Å². The van der Waals surface area contributed by atoms with Gasteiger partial charge in [-0.15, -0.1) is 5.10 Å². The first-order chi connectivity index (χ1) is 14.6. The molecule has 0 heterocycles. The molecule has 0 bridgehead atoms. The van der Waals surface area contributed by atoms with E-state index in [1.54, 1.807) is 12.1 Å². The standard InChI is InChI=1S/C21H16ClN3O3S2/c22-17-7-9-18(10-8-17)29-15-28-14-24-23-13-16-6-11-21(20(12-16)25(26)27)30-19-4-2-1-3-5-19/h1-14H,15H2/b23-13+,24-14+. The molecule has 3 rings (SSSR count). The zero-order chi connectivity index (χ0) is 21.2. The summed E-state index contributed by atoms with van der Waals surface area (Å²) in [6.45, 7) is 0. The number of nitrogens with zero attached hydrogens (tertiary/aromatic N) is 3. The summed E-state index contributed by atoms with van der Waals surface area (Å²) in [5.74, 6) is 0.373. The summed E-state index contributed by atoms with van der Waals surface area (Å²) in [5.41, 5.74) is 0.596. The zero-order valence-electron chi connectivity index (χ0n) is 15.6. The number of nitro benzene ring substituents is 1. The molecule has 30 heavy (non-hydrogen) atoms. The van der Waals surface area contributed by atoms with Crippen LogP contribution in [0, 0.1) is 10.1 Å². The number of benzene rings is 3. The van der Waals surface area contributed by atoms with Gasteiger partial charge in [0.25, 0.3) is 5.69 Å². The lowest BCUT2D eigenvalue weighted by Gasteiger charge is -2.03. The largest absolute Gasteiger partial charge is 0.470 e. The Morgan fingerprint density at radius 2 is 1.77 bits per heavy atom. The van der Waals surface area contributed by atoms with Gasteiger partial charge in [0.1, 0.15) is 5.94 Å². The van der Waals surface area contributed by atoms with Crippen LogP contribution < -0.4 is 0 Å². The SMILES string of the molecule is O=[N+]([O-])c1cc(/C=N/N=C/OCSc2ccc(Cl)cc2)ccc1Sc1ccccc1. The molecule has 9 heteroatoms. The molecular weight excluding hydrogens is 442 g/mol. The molecule has 0 spiro atoms. The Labute approximate surface area is 187 Å². The van der Waals surface area contributed by atoms with Crippen molar-refractivity contribution in [3.05, 3.63) is 93.5 Å². The minimum Gasteiger partial charge on any atom is -0.470 e. The van der Waals surface area contributed by atoms with Crippen molar-refractivity contribution in [1.29, 1.82) is 0 Å². The molecule has 0 N–H and O–H groups in total. The second-order valence-electron chi connectivity index (χ2n) is 5.75. The van der Waals surface area contributed by atoms with Crippen molar-refractivity contribution >= 4 is 53.4 Å². The third kappa shape index (κ3) is 6.91. The van der Waals surface area contributed by atoms with E-state index in [1.807, 2.05) is 54.6 Å². The van der Waals surface area contributed by atoms with Crippen LogP contribution in [-0.2, 0) is 4.74 Å². The van der Waals surface area contributed by atoms with Gasteiger partial charge in [-0.05, 0) is 42.5 Å². The zero-order valence-corrected chi connectivity index (χ0v) is 17.9. The number of nitro groups is 1. The van der Waals surface area contributed by atoms with E-state index in [2.05, 4.69) is 10.2 Å². The van der Waals surface area contributed by atoms with Crippen LogP contribution in [0.2, 0.25) is 5.02 Å². The second kappa shape index (κ2) is 11.4. The summed E-state index contributed by atoms with van der Waals surface area (Å²) < 4.78 is 5.27. The Balaban J connectivity index is 1.54. The van der Waals surface area contributed by atoms with Gasteiger partial charge in [-0.1, -0.05) is 59.4 Å². The molecule has 0 aliphatic heterocycles. The number of halogens is 1. The lowest BCUT2D eigenvalue weighted by Crippen LogP contribution is -1.93. The maximum Gasteiger partial charge on any atom is 0.283 e. The highest BCUT2D eigenvalue weighted by Crippen LogP contribution is 2.35. The molecule has 0 saturated heterocycles. The lowest BCUT2D eigenvalue weighted by molar-refractivity contribution is -0.387. The summed E-state index contributed by atoms with van der Waals surface area (Å²) in [4.78, 5) is 13.6. The average molecular weight is 458 g/mol. The van der Waals surface area contributed by atoms with Gasteiger partial charge in [0.15, 0.2) is 6.40 Å². The van der Waals surface area contributed by atoms with Gasteiger partial charge in [0, 0.05) is 26.4 Å². The third-order valence-corrected chi connectivity index (χ3v) is 5.84. The minimum atomic E-state index is -0.400. The minimum absolute atomic E-state index is 0.0207. The van der Waals surface area contributed by atoms with Crippen LogP contribution in [0.3, 0.4) is 0 Å². The van der Waals surface area contributed by atoms with Crippen molar-refractivity contribution in [2.45, 2.75) is 14.7 Å². The Morgan fingerprint density at radius 1 is 1.00 bits per heavy atom. The normalized spacial score (nSPS) is 11.2. The quantitative estimate of drug-likeness (QED) is 0.0694. The van der Waals surface area contributed by atoms with E-state index in [1.165, 1.54) is 42.2 Å². The first-order valence-corrected chi connectivity index (χ1v) is 10.9. The van der Waals surface area contributed by atoms with Gasteiger partial charge in [-0.25, -0.2) is 0 Å². The summed E-state index contributed by atoms with van der Waals surface area (Å²) in [6, 6.07) is 21.9. The van der Waals surface area contributed by atoms with E-state index in [0.29, 0.717) is 21.4 Å². The van der Waals surface area contributed by atoms with Gasteiger partial charge >= 0.3 is 0 Å². The molecule has 0 aliphatic carbocycles. The maximum absolute atomic E-state index is 11.4. The van der Waals surface area contributed by atoms with Gasteiger partial charge in [0.05, 0.1) is 16.0 Å². The average Bonchev–Trinajstić information content (AvgIpc) is 2.76. The van der Waals surface area contributed by atoms with Crippen molar-refractivity contribution in [2.75, 3.05) is 5.94 Å². The van der Waals surface area contributed by atoms with Gasteiger partial charge < -0.3 is 4.74 Å². The van der Waals surface area contributed by atoms with Gasteiger partial charge in [0.2, 0.25) is 0 Å². The molecule has 0 atom stereocenters. The van der Waals surface area contributed by atoms with Crippen LogP contribution in [0.4, 0.5) is 5.69 Å². The fourth-order valence-corrected chi connectivity index (χ4v) is 3.92. The van der Waals surface area contributed by atoms with E-state index >= 15 is 0 Å². The molecule has 0 fully saturated rings. The van der Waals surface area contributed by atoms with Crippen LogP contribution in [0.15, 0.2) is 97.7 Å². The summed E-state index contributed by atoms with van der Waals surface area (Å²) in [6.07, 6.45) is 2.67. The van der Waals surface area contributed by atoms with Crippen LogP contribution >= 0.6 is 35.1 Å². The highest BCUT2D eigenvalue weighted by molar-refractivity contribution is 7.99. The Hall–Kier alpha value is -2.81. The monoisotopic (exact) mass is 457 g/mol. The topological polar surface area (TPSA) is 77.1 Å². The van der Waals surface area contributed by atoms with Crippen LogP contribution in [0.1, 0.15) is 5.56 Å². The fourth-order valence-electron chi connectivity index (χ4n) is 2.28. The predicted octanol–water partition coefficient (Wildman–Crippen LogP) is 6.53. The van der Waals surface area contributed by atoms with E-state index in [-0.39, 0.29) is 5.69 Å². The maximum atomic E-state index is 11.4. The second-order valence-corrected chi connectivity index (χ2v) is 8.30. The third-order valence-electron chi connectivity index (χ3n) is 3.65. The lowest BCUT2D eigenvalue weighted by atomic mass is 10.2. The predicted molar refractivity (Wildman–Crippen MR) is 123 cm³/mol. The van der Waals surface area contributed by atoms with Crippen molar-refractivity contribution < 1.29 is 9.66 Å². The summed E-state index contributed by atoms with van der Waals surface area (Å²) in [7, 11) is 0. The van der Waals surface area contributed by atoms with Crippen LogP contribution in [0.5, 0.6) is 0 Å². The van der Waals surface area contributed by atoms with Crippen molar-refractivity contribution in [2.24, 2.45) is 10.2 Å². The highest BCUT2D eigenvalue weighted by atomic mass is 35.5.